The molecule has 0 radical (unpaired) electrons. The Morgan fingerprint density at radius 1 is 0.754 bits per heavy atom. The first-order valence-electron chi connectivity index (χ1n) is 20.3. The molecule has 1 saturated carbocycles. The zero-order valence-electron chi connectivity index (χ0n) is 33.2. The Labute approximate surface area is 335 Å². The zero-order valence-corrected chi connectivity index (χ0v) is 33.2. The second kappa shape index (κ2) is 17.7. The molecule has 0 spiro atoms. The van der Waals surface area contributed by atoms with Crippen molar-refractivity contribution in [2.45, 2.75) is 71.0 Å². The van der Waals surface area contributed by atoms with Crippen LogP contribution in [-0.2, 0) is 25.0 Å². The smallest absolute Gasteiger partial charge is 0.226 e. The molecule has 0 unspecified atom stereocenters. The van der Waals surface area contributed by atoms with Crippen LogP contribution in [-0.4, -0.2) is 75.8 Å². The van der Waals surface area contributed by atoms with Gasteiger partial charge in [0.1, 0.15) is 30.4 Å². The van der Waals surface area contributed by atoms with Crippen molar-refractivity contribution >= 4 is 16.6 Å². The summed E-state index contributed by atoms with van der Waals surface area (Å²) < 4.78 is 27.1. The minimum Gasteiger partial charge on any atom is -0.508 e. The minimum atomic E-state index is 0.165. The van der Waals surface area contributed by atoms with Gasteiger partial charge in [-0.3, -0.25) is 9.58 Å². The van der Waals surface area contributed by atoms with Crippen molar-refractivity contribution in [2.24, 2.45) is 7.05 Å². The first-order valence-corrected chi connectivity index (χ1v) is 20.3. The number of piperazine rings is 1. The third kappa shape index (κ3) is 9.19. The summed E-state index contributed by atoms with van der Waals surface area (Å²) in [6.45, 7) is 9.58. The summed E-state index contributed by atoms with van der Waals surface area (Å²) in [7, 11) is 2.00. The molecular formula is C47H53N5O5. The van der Waals surface area contributed by atoms with E-state index in [0.29, 0.717) is 31.0 Å². The van der Waals surface area contributed by atoms with Gasteiger partial charge in [-0.15, -0.1) is 0 Å². The number of pyridine rings is 1. The zero-order chi connectivity index (χ0) is 39.1. The number of benzene rings is 4. The van der Waals surface area contributed by atoms with Crippen LogP contribution in [0.4, 0.5) is 5.69 Å². The van der Waals surface area contributed by atoms with Crippen molar-refractivity contribution in [2.75, 3.05) is 37.7 Å². The van der Waals surface area contributed by atoms with Gasteiger partial charge in [0.15, 0.2) is 0 Å². The van der Waals surface area contributed by atoms with Crippen molar-refractivity contribution in [3.05, 3.63) is 126 Å². The molecule has 6 aromatic rings. The summed E-state index contributed by atoms with van der Waals surface area (Å²) in [5, 5.41) is 16.1. The number of aromatic nitrogens is 3. The monoisotopic (exact) mass is 767 g/mol. The highest BCUT2D eigenvalue weighted by molar-refractivity contribution is 5.96. The number of aromatic hydroxyl groups is 1. The molecule has 1 N–H and O–H groups in total. The molecule has 4 aromatic carbocycles. The number of fused-ring (bicyclic) bond motifs is 1. The molecule has 1 atom stereocenters. The standard InChI is InChI=1S/C47H53N5O5/c1-33(30-54-38-18-20-39(21-19-38)57-44-16-10-15-43(53)34(44)2)51-25-27-52(28-26-51)37-17-22-40-42(29-37)50(3)49-46(40)41-23-24-45(55-31-35-11-6-4-7-12-35)48-47(41)56-32-36-13-8-5-9-14-36/h4-17,22-24,29,33,38-39,53H,18-21,25-28,30-32H2,1-3H3/t33-,38?,39?/m1/s1. The van der Waals surface area contributed by atoms with Crippen LogP contribution >= 0.6 is 0 Å². The molecule has 1 aliphatic heterocycles. The molecule has 2 aliphatic rings. The third-order valence-electron chi connectivity index (χ3n) is 11.4. The molecule has 8 rings (SSSR count). The lowest BCUT2D eigenvalue weighted by Crippen LogP contribution is -2.51. The number of phenolic OH excluding ortho intramolecular Hbond substituents is 1. The van der Waals surface area contributed by atoms with Crippen molar-refractivity contribution in [3.63, 3.8) is 0 Å². The molecule has 10 heteroatoms. The minimum absolute atomic E-state index is 0.165. The Morgan fingerprint density at radius 3 is 2.16 bits per heavy atom. The normalized spacial score (nSPS) is 18.1. The van der Waals surface area contributed by atoms with Crippen LogP contribution < -0.4 is 19.1 Å². The summed E-state index contributed by atoms with van der Waals surface area (Å²) in [5.41, 5.74) is 6.85. The fourth-order valence-electron chi connectivity index (χ4n) is 7.92. The second-order valence-corrected chi connectivity index (χ2v) is 15.3. The average Bonchev–Trinajstić information content (AvgIpc) is 3.59. The van der Waals surface area contributed by atoms with Crippen LogP contribution in [0.25, 0.3) is 22.2 Å². The van der Waals surface area contributed by atoms with Crippen LogP contribution in [0.1, 0.15) is 49.3 Å². The van der Waals surface area contributed by atoms with Gasteiger partial charge >= 0.3 is 0 Å². The first-order chi connectivity index (χ1) is 27.9. The Balaban J connectivity index is 0.879. The van der Waals surface area contributed by atoms with Gasteiger partial charge in [-0.2, -0.15) is 10.1 Å². The lowest BCUT2D eigenvalue weighted by Gasteiger charge is -2.39. The number of rotatable bonds is 14. The topological polar surface area (TPSA) is 94.3 Å². The Hall–Kier alpha value is -5.58. The highest BCUT2D eigenvalue weighted by Gasteiger charge is 2.27. The number of hydrogen-bond acceptors (Lipinski definition) is 9. The van der Waals surface area contributed by atoms with Crippen LogP contribution in [0.2, 0.25) is 0 Å². The molecule has 2 fully saturated rings. The van der Waals surface area contributed by atoms with E-state index in [4.69, 9.17) is 29.0 Å². The van der Waals surface area contributed by atoms with E-state index in [1.54, 1.807) is 6.07 Å². The number of nitrogens with zero attached hydrogens (tertiary/aromatic N) is 5. The van der Waals surface area contributed by atoms with Gasteiger partial charge in [0.05, 0.1) is 29.9 Å². The maximum absolute atomic E-state index is 10.0. The Morgan fingerprint density at radius 2 is 1.44 bits per heavy atom. The van der Waals surface area contributed by atoms with Gasteiger partial charge in [0, 0.05) is 62.0 Å². The van der Waals surface area contributed by atoms with Gasteiger partial charge in [0.2, 0.25) is 11.8 Å². The van der Waals surface area contributed by atoms with Gasteiger partial charge in [0.25, 0.3) is 0 Å². The van der Waals surface area contributed by atoms with E-state index >= 15 is 0 Å². The molecule has 1 saturated heterocycles. The van der Waals surface area contributed by atoms with Gasteiger partial charge in [-0.1, -0.05) is 66.7 Å². The SMILES string of the molecule is Cc1c(O)cccc1OC1CCC(OC[C@@H](C)N2CCN(c3ccc4c(-c5ccc(OCc6ccccc6)nc5OCc5ccccc5)nn(C)c4c3)CC2)CC1. The summed E-state index contributed by atoms with van der Waals surface area (Å²) in [6.07, 6.45) is 4.35. The van der Waals surface area contributed by atoms with Crippen molar-refractivity contribution < 1.29 is 24.1 Å². The summed E-state index contributed by atoms with van der Waals surface area (Å²) in [4.78, 5) is 9.86. The van der Waals surface area contributed by atoms with Crippen LogP contribution in [0, 0.1) is 6.92 Å². The molecule has 296 valence electrons. The summed E-state index contributed by atoms with van der Waals surface area (Å²) >= 11 is 0. The Kier molecular flexibility index (Phi) is 11.9. The predicted molar refractivity (Wildman–Crippen MR) is 224 cm³/mol. The summed E-state index contributed by atoms with van der Waals surface area (Å²) in [5.74, 6) is 2.05. The lowest BCUT2D eigenvalue weighted by molar-refractivity contribution is -0.0222. The number of aryl methyl sites for hydroxylation is 1. The van der Waals surface area contributed by atoms with E-state index in [9.17, 15) is 5.11 Å². The Bertz CT molecular complexity index is 2230. The first kappa shape index (κ1) is 38.3. The van der Waals surface area contributed by atoms with E-state index in [0.717, 1.165) is 103 Å². The molecule has 57 heavy (non-hydrogen) atoms. The van der Waals surface area contributed by atoms with Crippen LogP contribution in [0.3, 0.4) is 0 Å². The van der Waals surface area contributed by atoms with Gasteiger partial charge < -0.3 is 29.0 Å². The number of anilines is 1. The molecule has 2 aromatic heterocycles. The molecule has 0 bridgehead atoms. The fourth-order valence-corrected chi connectivity index (χ4v) is 7.92. The maximum atomic E-state index is 10.0. The van der Waals surface area contributed by atoms with E-state index in [-0.39, 0.29) is 18.0 Å². The number of hydrogen-bond donors (Lipinski definition) is 1. The largest absolute Gasteiger partial charge is 0.508 e. The van der Waals surface area contributed by atoms with Gasteiger partial charge in [-0.05, 0) is 87.1 Å². The number of ether oxygens (including phenoxy) is 4. The fraction of sp³-hybridized carbons (Fsp3) is 0.362. The lowest BCUT2D eigenvalue weighted by atomic mass is 9.94. The third-order valence-corrected chi connectivity index (χ3v) is 11.4. The van der Waals surface area contributed by atoms with Crippen LogP contribution in [0.15, 0.2) is 109 Å². The van der Waals surface area contributed by atoms with Crippen LogP contribution in [0.5, 0.6) is 23.3 Å². The van der Waals surface area contributed by atoms with E-state index in [2.05, 4.69) is 34.9 Å². The quantitative estimate of drug-likeness (QED) is 0.117. The molecule has 0 amide bonds. The predicted octanol–water partition coefficient (Wildman–Crippen LogP) is 8.72. The number of phenols is 1. The molecule has 10 nitrogen and oxygen atoms in total. The van der Waals surface area contributed by atoms with E-state index in [1.807, 2.05) is 104 Å². The highest BCUT2D eigenvalue weighted by Crippen LogP contribution is 2.37. The van der Waals surface area contributed by atoms with E-state index in [1.165, 1.54) is 5.69 Å². The van der Waals surface area contributed by atoms with Crippen molar-refractivity contribution in [1.82, 2.24) is 19.7 Å². The molecule has 3 heterocycles. The van der Waals surface area contributed by atoms with E-state index < -0.39 is 0 Å². The molecular weight excluding hydrogens is 715 g/mol. The van der Waals surface area contributed by atoms with Crippen molar-refractivity contribution in [3.8, 4) is 34.5 Å². The van der Waals surface area contributed by atoms with Gasteiger partial charge in [-0.25, -0.2) is 0 Å². The summed E-state index contributed by atoms with van der Waals surface area (Å²) in [6, 6.07) is 36.6. The molecule has 1 aliphatic carbocycles. The maximum Gasteiger partial charge on any atom is 0.226 e. The van der Waals surface area contributed by atoms with Crippen molar-refractivity contribution in [1.29, 1.82) is 0 Å². The highest BCUT2D eigenvalue weighted by atomic mass is 16.5. The average molecular weight is 768 g/mol. The second-order valence-electron chi connectivity index (χ2n) is 15.3.